The molecule has 0 aliphatic carbocycles. The molecule has 0 N–H and O–H groups in total. The molecule has 15 rings (SSSR count). The molecule has 340 valence electrons. The summed E-state index contributed by atoms with van der Waals surface area (Å²) in [5.74, 6) is 0. The summed E-state index contributed by atoms with van der Waals surface area (Å²) < 4.78 is 4.97. The van der Waals surface area contributed by atoms with Gasteiger partial charge in [-0.1, -0.05) is 188 Å². The molecule has 0 saturated carbocycles. The lowest BCUT2D eigenvalue weighted by Crippen LogP contribution is -2.10. The van der Waals surface area contributed by atoms with E-state index in [1.54, 1.807) is 0 Å². The van der Waals surface area contributed by atoms with Gasteiger partial charge in [-0.2, -0.15) is 0 Å². The number of fused-ring (bicyclic) bond motifs is 13. The number of rotatable bonds is 7. The first-order chi connectivity index (χ1) is 36.2. The zero-order valence-electron chi connectivity index (χ0n) is 39.7. The number of aromatic nitrogens is 1. The summed E-state index contributed by atoms with van der Waals surface area (Å²) >= 11 is 1.87. The van der Waals surface area contributed by atoms with Gasteiger partial charge < -0.3 is 9.47 Å². The van der Waals surface area contributed by atoms with Crippen molar-refractivity contribution in [3.8, 4) is 39.1 Å². The Morgan fingerprint density at radius 2 is 0.753 bits per heavy atom. The summed E-state index contributed by atoms with van der Waals surface area (Å²) in [6, 6.07) is 98.5. The molecule has 13 aromatic carbocycles. The molecule has 0 amide bonds. The zero-order valence-corrected chi connectivity index (χ0v) is 40.5. The van der Waals surface area contributed by atoms with Crippen LogP contribution in [0.15, 0.2) is 267 Å². The highest BCUT2D eigenvalue weighted by Crippen LogP contribution is 2.46. The van der Waals surface area contributed by atoms with Crippen LogP contribution in [0.5, 0.6) is 0 Å². The minimum absolute atomic E-state index is 1.10. The number of anilines is 3. The van der Waals surface area contributed by atoms with Crippen molar-refractivity contribution in [2.45, 2.75) is 0 Å². The van der Waals surface area contributed by atoms with E-state index in [4.69, 9.17) is 0 Å². The predicted molar refractivity (Wildman–Crippen MR) is 315 cm³/mol. The molecule has 2 aromatic heterocycles. The van der Waals surface area contributed by atoms with E-state index in [0.29, 0.717) is 0 Å². The number of thiophene rings is 1. The van der Waals surface area contributed by atoms with Crippen LogP contribution in [0.1, 0.15) is 0 Å². The van der Waals surface area contributed by atoms with Crippen molar-refractivity contribution in [1.29, 1.82) is 0 Å². The molecule has 3 heteroatoms. The van der Waals surface area contributed by atoms with Crippen molar-refractivity contribution in [2.24, 2.45) is 0 Å². The molecule has 0 spiro atoms. The first-order valence-electron chi connectivity index (χ1n) is 25.1. The van der Waals surface area contributed by atoms with E-state index in [1.165, 1.54) is 124 Å². The summed E-state index contributed by atoms with van der Waals surface area (Å²) in [5, 5.41) is 15.3. The summed E-state index contributed by atoms with van der Waals surface area (Å²) in [6.07, 6.45) is 0. The lowest BCUT2D eigenvalue weighted by molar-refractivity contribution is 1.18. The van der Waals surface area contributed by atoms with Crippen molar-refractivity contribution in [2.75, 3.05) is 4.90 Å². The van der Waals surface area contributed by atoms with Crippen LogP contribution in [0.2, 0.25) is 0 Å². The second-order valence-corrected chi connectivity index (χ2v) is 20.2. The Hall–Kier alpha value is -9.28. The Bertz CT molecular complexity index is 4620. The first-order valence-corrected chi connectivity index (χ1v) is 25.9. The molecule has 15 aromatic rings. The van der Waals surface area contributed by atoms with Crippen LogP contribution in [-0.4, -0.2) is 4.57 Å². The minimum atomic E-state index is 1.10. The molecule has 0 unspecified atom stereocenters. The van der Waals surface area contributed by atoms with Gasteiger partial charge in [0.1, 0.15) is 0 Å². The van der Waals surface area contributed by atoms with Gasteiger partial charge >= 0.3 is 0 Å². The van der Waals surface area contributed by atoms with Crippen LogP contribution in [-0.2, 0) is 0 Å². The molecule has 0 bridgehead atoms. The number of para-hydroxylation sites is 1. The van der Waals surface area contributed by atoms with Crippen LogP contribution in [0, 0.1) is 0 Å². The highest BCUT2D eigenvalue weighted by molar-refractivity contribution is 7.26. The third-order valence-electron chi connectivity index (χ3n) is 15.2. The fraction of sp³-hybridized carbons (Fsp3) is 0. The van der Waals surface area contributed by atoms with Gasteiger partial charge in [-0.05, 0) is 155 Å². The molecule has 2 nitrogen and oxygen atoms in total. The van der Waals surface area contributed by atoms with Crippen molar-refractivity contribution >= 4 is 113 Å². The van der Waals surface area contributed by atoms with Crippen LogP contribution >= 0.6 is 11.3 Å². The van der Waals surface area contributed by atoms with E-state index in [-0.39, 0.29) is 0 Å². The second kappa shape index (κ2) is 16.7. The largest absolute Gasteiger partial charge is 0.309 e. The summed E-state index contributed by atoms with van der Waals surface area (Å²) in [5.41, 5.74) is 14.1. The van der Waals surface area contributed by atoms with Gasteiger partial charge in [0.25, 0.3) is 0 Å². The van der Waals surface area contributed by atoms with Gasteiger partial charge in [0.15, 0.2) is 0 Å². The number of nitrogens with zero attached hydrogens (tertiary/aromatic N) is 2. The lowest BCUT2D eigenvalue weighted by Gasteiger charge is -2.26. The highest BCUT2D eigenvalue weighted by atomic mass is 32.1. The van der Waals surface area contributed by atoms with Crippen LogP contribution < -0.4 is 4.90 Å². The van der Waals surface area contributed by atoms with Crippen molar-refractivity contribution in [1.82, 2.24) is 4.57 Å². The van der Waals surface area contributed by atoms with E-state index in [0.717, 1.165) is 17.1 Å². The van der Waals surface area contributed by atoms with Crippen LogP contribution in [0.25, 0.3) is 124 Å². The molecule has 0 aliphatic rings. The zero-order chi connectivity index (χ0) is 48.0. The minimum Gasteiger partial charge on any atom is -0.309 e. The standard InChI is InChI=1S/C70H44N2S/c1-2-16-51(17-3-1)72-66-40-33-49(43-64(66)65-44-50(34-41-67(65)72)55-24-12-15-47-14-4-5-18-54(47)55)46-30-37-53(38-31-46)71(68-26-13-25-62-61-23-10-11-27-69(61)73-70(62)68)52-35-28-45(29-36-52)48-32-39-60-58-21-7-6-19-56(58)57-20-8-9-22-59(57)63(60)42-48/h1-44H. The monoisotopic (exact) mass is 944 g/mol. The van der Waals surface area contributed by atoms with E-state index >= 15 is 0 Å². The predicted octanol–water partition coefficient (Wildman–Crippen LogP) is 20.2. The molecule has 0 saturated heterocycles. The Kier molecular flexibility index (Phi) is 9.48. The fourth-order valence-corrected chi connectivity index (χ4v) is 12.9. The SMILES string of the molecule is c1ccc(-n2c3ccc(-c4ccc(N(c5ccc(-c6ccc7c8ccccc8c8ccccc8c7c6)cc5)c5cccc6c5sc5ccccc56)cc4)cc3c3cc(-c4cccc5ccccc45)ccc32)cc1. The van der Waals surface area contributed by atoms with E-state index in [1.807, 2.05) is 11.3 Å². The molecule has 0 fully saturated rings. The molecular formula is C70H44N2S. The maximum Gasteiger partial charge on any atom is 0.0640 e. The molecule has 73 heavy (non-hydrogen) atoms. The van der Waals surface area contributed by atoms with Gasteiger partial charge in [0.05, 0.1) is 21.4 Å². The third-order valence-corrected chi connectivity index (χ3v) is 16.4. The number of hydrogen-bond donors (Lipinski definition) is 0. The summed E-state index contributed by atoms with van der Waals surface area (Å²) in [6.45, 7) is 0. The third kappa shape index (κ3) is 6.70. The normalized spacial score (nSPS) is 11.8. The van der Waals surface area contributed by atoms with Gasteiger partial charge in [-0.25, -0.2) is 0 Å². The summed E-state index contributed by atoms with van der Waals surface area (Å²) in [4.78, 5) is 2.44. The van der Waals surface area contributed by atoms with Gasteiger partial charge in [0.2, 0.25) is 0 Å². The second-order valence-electron chi connectivity index (χ2n) is 19.2. The molecule has 0 atom stereocenters. The van der Waals surface area contributed by atoms with Crippen LogP contribution in [0.3, 0.4) is 0 Å². The fourth-order valence-electron chi connectivity index (χ4n) is 11.7. The van der Waals surface area contributed by atoms with Crippen molar-refractivity contribution in [3.63, 3.8) is 0 Å². The average Bonchev–Trinajstić information content (AvgIpc) is 4.03. The molecule has 2 heterocycles. The average molecular weight is 945 g/mol. The van der Waals surface area contributed by atoms with E-state index < -0.39 is 0 Å². The quantitative estimate of drug-likeness (QED) is 0.145. The Morgan fingerprint density at radius 1 is 0.288 bits per heavy atom. The van der Waals surface area contributed by atoms with Gasteiger partial charge in [-0.3, -0.25) is 0 Å². The molecule has 0 radical (unpaired) electrons. The Balaban J connectivity index is 0.850. The van der Waals surface area contributed by atoms with E-state index in [2.05, 4.69) is 276 Å². The lowest BCUT2D eigenvalue weighted by atomic mass is 9.92. The Labute approximate surface area is 426 Å². The van der Waals surface area contributed by atoms with Crippen molar-refractivity contribution in [3.05, 3.63) is 267 Å². The maximum atomic E-state index is 2.44. The highest BCUT2D eigenvalue weighted by Gasteiger charge is 2.20. The molecule has 0 aliphatic heterocycles. The topological polar surface area (TPSA) is 8.17 Å². The number of benzene rings is 13. The smallest absolute Gasteiger partial charge is 0.0640 e. The maximum absolute atomic E-state index is 2.44. The van der Waals surface area contributed by atoms with Crippen LogP contribution in [0.4, 0.5) is 17.1 Å². The first kappa shape index (κ1) is 41.5. The summed E-state index contributed by atoms with van der Waals surface area (Å²) in [7, 11) is 0. The molecular weight excluding hydrogens is 901 g/mol. The van der Waals surface area contributed by atoms with Gasteiger partial charge in [0, 0.05) is 43.3 Å². The van der Waals surface area contributed by atoms with E-state index in [9.17, 15) is 0 Å². The van der Waals surface area contributed by atoms with Crippen molar-refractivity contribution < 1.29 is 0 Å². The Morgan fingerprint density at radius 3 is 1.42 bits per heavy atom. The number of hydrogen-bond acceptors (Lipinski definition) is 2. The van der Waals surface area contributed by atoms with Gasteiger partial charge in [-0.15, -0.1) is 11.3 Å².